The highest BCUT2D eigenvalue weighted by Crippen LogP contribution is 2.42. The van der Waals surface area contributed by atoms with Gasteiger partial charge in [0.1, 0.15) is 12.4 Å². The minimum absolute atomic E-state index is 0.199. The first-order valence-electron chi connectivity index (χ1n) is 14.7. The number of aromatic carboxylic acids is 1. The molecule has 0 aromatic heterocycles. The van der Waals surface area contributed by atoms with E-state index < -0.39 is 11.9 Å². The van der Waals surface area contributed by atoms with E-state index in [2.05, 4.69) is 50.2 Å². The van der Waals surface area contributed by atoms with Crippen LogP contribution in [0.2, 0.25) is 0 Å². The number of hydrogen-bond donors (Lipinski definition) is 2. The van der Waals surface area contributed by atoms with Gasteiger partial charge in [-0.1, -0.05) is 68.8 Å². The summed E-state index contributed by atoms with van der Waals surface area (Å²) in [6, 6.07) is 22.5. The van der Waals surface area contributed by atoms with E-state index in [1.807, 2.05) is 24.3 Å². The van der Waals surface area contributed by atoms with Crippen LogP contribution in [0.5, 0.6) is 5.75 Å². The maximum absolute atomic E-state index is 11.5. The van der Waals surface area contributed by atoms with Gasteiger partial charge in [0, 0.05) is 6.42 Å². The Bertz CT molecular complexity index is 1280. The van der Waals surface area contributed by atoms with E-state index in [1.54, 1.807) is 6.07 Å². The summed E-state index contributed by atoms with van der Waals surface area (Å²) in [4.78, 5) is 22.6. The van der Waals surface area contributed by atoms with Crippen LogP contribution >= 0.6 is 0 Å². The van der Waals surface area contributed by atoms with Gasteiger partial charge in [0.2, 0.25) is 0 Å². The number of carbonyl (C=O) groups is 2. The quantitative estimate of drug-likeness (QED) is 0.200. The molecular weight excluding hydrogens is 500 g/mol. The topological polar surface area (TPSA) is 83.8 Å². The molecule has 0 saturated carbocycles. The molecule has 4 rings (SSSR count). The van der Waals surface area contributed by atoms with Crippen molar-refractivity contribution in [2.75, 3.05) is 0 Å². The van der Waals surface area contributed by atoms with E-state index in [0.717, 1.165) is 61.8 Å². The Balaban J connectivity index is 1.47. The first-order chi connectivity index (χ1) is 19.3. The normalized spacial score (nSPS) is 15.4. The molecule has 0 saturated heterocycles. The van der Waals surface area contributed by atoms with Gasteiger partial charge in [-0.05, 0) is 109 Å². The third kappa shape index (κ3) is 7.97. The highest BCUT2D eigenvalue weighted by atomic mass is 16.5. The number of unbranched alkanes of at least 4 members (excludes halogenated alkanes) is 1. The van der Waals surface area contributed by atoms with Gasteiger partial charge < -0.3 is 14.9 Å². The molecule has 3 aromatic rings. The average molecular weight is 543 g/mol. The minimum atomic E-state index is -0.886. The van der Waals surface area contributed by atoms with Crippen LogP contribution in [0.4, 0.5) is 0 Å². The molecule has 1 unspecified atom stereocenters. The summed E-state index contributed by atoms with van der Waals surface area (Å²) in [5.74, 6) is 0.524. The van der Waals surface area contributed by atoms with Gasteiger partial charge in [0.25, 0.3) is 0 Å². The van der Waals surface area contributed by atoms with Crippen molar-refractivity contribution in [2.24, 2.45) is 5.92 Å². The van der Waals surface area contributed by atoms with Crippen molar-refractivity contribution in [2.45, 2.75) is 90.1 Å². The highest BCUT2D eigenvalue weighted by Gasteiger charge is 2.28. The third-order valence-corrected chi connectivity index (χ3v) is 8.33. The van der Waals surface area contributed by atoms with Crippen molar-refractivity contribution in [3.63, 3.8) is 0 Å². The lowest BCUT2D eigenvalue weighted by atomic mass is 9.72. The zero-order valence-corrected chi connectivity index (χ0v) is 23.8. The lowest BCUT2D eigenvalue weighted by Crippen LogP contribution is -2.20. The van der Waals surface area contributed by atoms with Crippen LogP contribution < -0.4 is 4.74 Å². The highest BCUT2D eigenvalue weighted by molar-refractivity contribution is 5.88. The number of benzene rings is 3. The van der Waals surface area contributed by atoms with Crippen molar-refractivity contribution >= 4 is 11.9 Å². The maximum atomic E-state index is 11.5. The molecule has 1 aliphatic rings. The van der Waals surface area contributed by atoms with Gasteiger partial charge in [-0.25, -0.2) is 4.79 Å². The summed E-state index contributed by atoms with van der Waals surface area (Å²) in [5.41, 5.74) is 6.43. The van der Waals surface area contributed by atoms with E-state index in [0.29, 0.717) is 36.3 Å². The Morgan fingerprint density at radius 1 is 0.950 bits per heavy atom. The number of rotatable bonds is 14. The fourth-order valence-corrected chi connectivity index (χ4v) is 6.06. The monoisotopic (exact) mass is 542 g/mol. The van der Waals surface area contributed by atoms with Crippen molar-refractivity contribution in [1.82, 2.24) is 0 Å². The Morgan fingerprint density at radius 3 is 2.45 bits per heavy atom. The molecule has 2 atom stereocenters. The van der Waals surface area contributed by atoms with E-state index in [9.17, 15) is 14.7 Å². The summed E-state index contributed by atoms with van der Waals surface area (Å²) in [6.07, 6.45) is 7.60. The molecule has 0 fully saturated rings. The second-order valence-electron chi connectivity index (χ2n) is 11.4. The molecule has 0 bridgehead atoms. The first-order valence-corrected chi connectivity index (χ1v) is 14.7. The minimum Gasteiger partial charge on any atom is -0.489 e. The van der Waals surface area contributed by atoms with Gasteiger partial charge in [-0.15, -0.1) is 0 Å². The number of aryl methyl sites for hydroxylation is 2. The summed E-state index contributed by atoms with van der Waals surface area (Å²) < 4.78 is 6.30. The van der Waals surface area contributed by atoms with Gasteiger partial charge >= 0.3 is 11.9 Å². The number of fused-ring (bicyclic) bond motifs is 1. The zero-order valence-electron chi connectivity index (χ0n) is 23.8. The summed E-state index contributed by atoms with van der Waals surface area (Å²) in [7, 11) is 0. The molecule has 0 aliphatic heterocycles. The molecule has 5 nitrogen and oxygen atoms in total. The number of hydrogen-bond acceptors (Lipinski definition) is 3. The molecular formula is C35H42O5. The molecule has 0 amide bonds. The van der Waals surface area contributed by atoms with Crippen molar-refractivity contribution in [3.8, 4) is 5.75 Å². The maximum Gasteiger partial charge on any atom is 0.335 e. The molecule has 40 heavy (non-hydrogen) atoms. The number of carboxylic acids is 2. The molecule has 2 N–H and O–H groups in total. The van der Waals surface area contributed by atoms with Crippen LogP contribution in [0.3, 0.4) is 0 Å². The summed E-state index contributed by atoms with van der Waals surface area (Å²) >= 11 is 0. The Kier molecular flexibility index (Phi) is 10.4. The number of carboxylic acid groups (broad SMARTS) is 2. The van der Waals surface area contributed by atoms with Gasteiger partial charge in [0.15, 0.2) is 0 Å². The van der Waals surface area contributed by atoms with Crippen molar-refractivity contribution in [1.29, 1.82) is 0 Å². The van der Waals surface area contributed by atoms with E-state index in [1.165, 1.54) is 16.7 Å². The van der Waals surface area contributed by atoms with Crippen LogP contribution in [0, 0.1) is 5.92 Å². The number of aliphatic carboxylic acids is 1. The fourth-order valence-electron chi connectivity index (χ4n) is 6.06. The lowest BCUT2D eigenvalue weighted by Gasteiger charge is -2.33. The second-order valence-corrected chi connectivity index (χ2v) is 11.4. The van der Waals surface area contributed by atoms with E-state index in [4.69, 9.17) is 9.84 Å². The SMILES string of the molecule is CC(C)c1ccc(COc2ccccc2CCC(CCCCC(=O)O)[C@H]2CCCc3cc(C(=O)O)ccc32)cc1. The Hall–Kier alpha value is -3.60. The standard InChI is InChI=1S/C35H42O5/c1-24(2)26-16-14-25(15-17-26)23-40-33-12-5-3-9-28(33)19-18-27(8-4-6-13-34(36)37)31-11-7-10-29-22-30(35(38)39)20-21-32(29)31/h3,5,9,12,14-17,20-22,24,27,31H,4,6-8,10-11,13,18-19,23H2,1-2H3,(H,36,37)(H,38,39)/t27?,31-/m1/s1. The lowest BCUT2D eigenvalue weighted by molar-refractivity contribution is -0.137. The predicted octanol–water partition coefficient (Wildman–Crippen LogP) is 8.40. The Morgan fingerprint density at radius 2 is 1.73 bits per heavy atom. The third-order valence-electron chi connectivity index (χ3n) is 8.33. The van der Waals surface area contributed by atoms with Crippen LogP contribution in [-0.4, -0.2) is 22.2 Å². The van der Waals surface area contributed by atoms with E-state index >= 15 is 0 Å². The molecule has 212 valence electrons. The van der Waals surface area contributed by atoms with Crippen LogP contribution in [0.25, 0.3) is 0 Å². The smallest absolute Gasteiger partial charge is 0.335 e. The molecule has 0 radical (unpaired) electrons. The average Bonchev–Trinajstić information content (AvgIpc) is 2.95. The molecule has 0 heterocycles. The van der Waals surface area contributed by atoms with Crippen molar-refractivity contribution in [3.05, 3.63) is 100 Å². The first kappa shape index (κ1) is 29.4. The van der Waals surface area contributed by atoms with Crippen LogP contribution in [0.15, 0.2) is 66.7 Å². The Labute approximate surface area is 238 Å². The number of ether oxygens (including phenoxy) is 1. The molecule has 3 aromatic carbocycles. The molecule has 0 spiro atoms. The molecule has 1 aliphatic carbocycles. The predicted molar refractivity (Wildman–Crippen MR) is 158 cm³/mol. The summed E-state index contributed by atoms with van der Waals surface area (Å²) in [6.45, 7) is 4.91. The largest absolute Gasteiger partial charge is 0.489 e. The van der Waals surface area contributed by atoms with Crippen LogP contribution in [-0.2, 0) is 24.2 Å². The van der Waals surface area contributed by atoms with Crippen molar-refractivity contribution < 1.29 is 24.5 Å². The zero-order chi connectivity index (χ0) is 28.5. The van der Waals surface area contributed by atoms with Gasteiger partial charge in [-0.2, -0.15) is 0 Å². The molecule has 5 heteroatoms. The van der Waals surface area contributed by atoms with Crippen LogP contribution in [0.1, 0.15) is 109 Å². The fraction of sp³-hybridized carbons (Fsp3) is 0.429. The van der Waals surface area contributed by atoms with Gasteiger partial charge in [-0.3, -0.25) is 4.79 Å². The second kappa shape index (κ2) is 14.2. The number of para-hydroxylation sites is 1. The summed E-state index contributed by atoms with van der Waals surface area (Å²) in [5, 5.41) is 18.6. The van der Waals surface area contributed by atoms with Gasteiger partial charge in [0.05, 0.1) is 5.56 Å². The van der Waals surface area contributed by atoms with E-state index in [-0.39, 0.29) is 6.42 Å².